The molecule has 110 valence electrons. The van der Waals surface area contributed by atoms with E-state index in [1.54, 1.807) is 9.95 Å². The molecule has 1 fully saturated rings. The largest absolute Gasteiger partial charge is 0.480 e. The van der Waals surface area contributed by atoms with E-state index < -0.39 is 12.0 Å². The highest BCUT2D eigenvalue weighted by Crippen LogP contribution is 2.18. The first-order valence-electron chi connectivity index (χ1n) is 6.68. The zero-order valence-corrected chi connectivity index (χ0v) is 12.2. The Morgan fingerprint density at radius 3 is 2.80 bits per heavy atom. The second-order valence-electron chi connectivity index (χ2n) is 4.98. The molecule has 2 rings (SSSR count). The molecule has 6 nitrogen and oxygen atoms in total. The molecule has 1 N–H and O–H groups in total. The molecule has 0 bridgehead atoms. The predicted molar refractivity (Wildman–Crippen MR) is 74.9 cm³/mol. The highest BCUT2D eigenvalue weighted by molar-refractivity contribution is 7.07. The molecule has 1 unspecified atom stereocenters. The van der Waals surface area contributed by atoms with E-state index in [1.807, 2.05) is 6.92 Å². The number of aromatic nitrogens is 1. The summed E-state index contributed by atoms with van der Waals surface area (Å²) in [5.41, 5.74) is 0.834. The summed E-state index contributed by atoms with van der Waals surface area (Å²) in [5, 5.41) is 10.9. The number of carbonyl (C=O) groups is 2. The van der Waals surface area contributed by atoms with Crippen molar-refractivity contribution in [1.29, 1.82) is 0 Å². The van der Waals surface area contributed by atoms with E-state index in [0.29, 0.717) is 19.5 Å². The normalized spacial score (nSPS) is 19.1. The second kappa shape index (κ2) is 6.21. The van der Waals surface area contributed by atoms with E-state index in [1.165, 1.54) is 4.90 Å². The lowest BCUT2D eigenvalue weighted by Gasteiger charge is -2.33. The quantitative estimate of drug-likeness (QED) is 0.902. The van der Waals surface area contributed by atoms with Gasteiger partial charge in [0.1, 0.15) is 6.04 Å². The fourth-order valence-corrected chi connectivity index (χ4v) is 3.27. The van der Waals surface area contributed by atoms with Gasteiger partial charge in [0, 0.05) is 30.6 Å². The smallest absolute Gasteiger partial charge is 0.326 e. The van der Waals surface area contributed by atoms with Gasteiger partial charge >= 0.3 is 10.8 Å². The highest BCUT2D eigenvalue weighted by Gasteiger charge is 2.31. The molecule has 1 atom stereocenters. The fraction of sp³-hybridized carbons (Fsp3) is 0.615. The van der Waals surface area contributed by atoms with Crippen LogP contribution in [0.1, 0.15) is 31.4 Å². The number of likely N-dealkylation sites (tertiary alicyclic amines) is 1. The number of hydrogen-bond donors (Lipinski definition) is 1. The summed E-state index contributed by atoms with van der Waals surface area (Å²) in [4.78, 5) is 36.3. The topological polar surface area (TPSA) is 79.6 Å². The minimum absolute atomic E-state index is 0.0799. The molecule has 1 amide bonds. The summed E-state index contributed by atoms with van der Waals surface area (Å²) in [6, 6.07) is -0.712. The fourth-order valence-electron chi connectivity index (χ4n) is 2.51. The van der Waals surface area contributed by atoms with Crippen molar-refractivity contribution in [2.45, 2.75) is 45.2 Å². The van der Waals surface area contributed by atoms with Gasteiger partial charge in [-0.25, -0.2) is 4.79 Å². The van der Waals surface area contributed by atoms with Crippen molar-refractivity contribution in [3.8, 4) is 0 Å². The molecule has 0 aliphatic carbocycles. The summed E-state index contributed by atoms with van der Waals surface area (Å²) in [5.74, 6) is -1.13. The molecule has 0 aromatic carbocycles. The van der Waals surface area contributed by atoms with Crippen LogP contribution in [-0.2, 0) is 16.1 Å². The number of rotatable bonds is 4. The molecule has 2 heterocycles. The number of amides is 1. The molecule has 0 radical (unpaired) electrons. The third kappa shape index (κ3) is 3.09. The maximum atomic E-state index is 12.2. The van der Waals surface area contributed by atoms with Crippen LogP contribution in [-0.4, -0.2) is 39.0 Å². The van der Waals surface area contributed by atoms with Crippen LogP contribution in [0.5, 0.6) is 0 Å². The zero-order chi connectivity index (χ0) is 14.7. The van der Waals surface area contributed by atoms with Crippen molar-refractivity contribution in [1.82, 2.24) is 9.47 Å². The van der Waals surface area contributed by atoms with E-state index in [2.05, 4.69) is 0 Å². The Kier molecular flexibility index (Phi) is 4.59. The molecule has 1 aliphatic rings. The summed E-state index contributed by atoms with van der Waals surface area (Å²) < 4.78 is 1.56. The van der Waals surface area contributed by atoms with Crippen molar-refractivity contribution < 1.29 is 14.7 Å². The van der Waals surface area contributed by atoms with E-state index in [-0.39, 0.29) is 17.2 Å². The van der Waals surface area contributed by atoms with Crippen molar-refractivity contribution in [2.75, 3.05) is 6.54 Å². The molecule has 1 aromatic rings. The zero-order valence-electron chi connectivity index (χ0n) is 11.4. The summed E-state index contributed by atoms with van der Waals surface area (Å²) in [6.07, 6.45) is 2.36. The van der Waals surface area contributed by atoms with Crippen molar-refractivity contribution >= 4 is 23.2 Å². The Morgan fingerprint density at radius 2 is 2.20 bits per heavy atom. The number of piperidine rings is 1. The maximum Gasteiger partial charge on any atom is 0.326 e. The van der Waals surface area contributed by atoms with Crippen LogP contribution in [0, 0.1) is 6.92 Å². The van der Waals surface area contributed by atoms with Gasteiger partial charge in [-0.05, 0) is 26.2 Å². The maximum absolute atomic E-state index is 12.2. The standard InChI is InChI=1S/C13H18N2O4S/c1-9-8-20-13(19)14(9)7-5-11(16)15-6-3-2-4-10(15)12(17)18/h8,10H,2-7H2,1H3,(H,17,18). The third-order valence-electron chi connectivity index (χ3n) is 3.63. The van der Waals surface area contributed by atoms with Gasteiger partial charge in [-0.2, -0.15) is 0 Å². The molecule has 1 aromatic heterocycles. The van der Waals surface area contributed by atoms with Gasteiger partial charge in [0.05, 0.1) is 0 Å². The lowest BCUT2D eigenvalue weighted by molar-refractivity contribution is -0.152. The number of thiazole rings is 1. The van der Waals surface area contributed by atoms with Gasteiger partial charge in [0.25, 0.3) is 0 Å². The first-order chi connectivity index (χ1) is 9.50. The van der Waals surface area contributed by atoms with Crippen LogP contribution in [0.25, 0.3) is 0 Å². The van der Waals surface area contributed by atoms with Gasteiger partial charge in [0.2, 0.25) is 5.91 Å². The van der Waals surface area contributed by atoms with E-state index in [0.717, 1.165) is 29.9 Å². The Labute approximate surface area is 120 Å². The number of aryl methyl sites for hydroxylation is 1. The molecule has 1 aliphatic heterocycles. The number of carboxylic acids is 1. The minimum Gasteiger partial charge on any atom is -0.480 e. The van der Waals surface area contributed by atoms with Gasteiger partial charge in [-0.15, -0.1) is 0 Å². The van der Waals surface area contributed by atoms with Crippen molar-refractivity contribution in [2.24, 2.45) is 0 Å². The monoisotopic (exact) mass is 298 g/mol. The molecular weight excluding hydrogens is 280 g/mol. The predicted octanol–water partition coefficient (Wildman–Crippen LogP) is 1.07. The molecule has 7 heteroatoms. The average molecular weight is 298 g/mol. The lowest BCUT2D eigenvalue weighted by atomic mass is 10.0. The molecular formula is C13H18N2O4S. The van der Waals surface area contributed by atoms with E-state index in [4.69, 9.17) is 5.11 Å². The number of aliphatic carboxylic acids is 1. The molecule has 0 saturated carbocycles. The van der Waals surface area contributed by atoms with Crippen LogP contribution in [0.3, 0.4) is 0 Å². The van der Waals surface area contributed by atoms with Crippen LogP contribution < -0.4 is 4.87 Å². The van der Waals surface area contributed by atoms with Crippen molar-refractivity contribution in [3.63, 3.8) is 0 Å². The number of carbonyl (C=O) groups excluding carboxylic acids is 1. The molecule has 1 saturated heterocycles. The molecule has 0 spiro atoms. The van der Waals surface area contributed by atoms with Crippen LogP contribution in [0.2, 0.25) is 0 Å². The Morgan fingerprint density at radius 1 is 1.45 bits per heavy atom. The first-order valence-corrected chi connectivity index (χ1v) is 7.56. The number of nitrogens with zero attached hydrogens (tertiary/aromatic N) is 2. The van der Waals surface area contributed by atoms with Gasteiger partial charge in [-0.3, -0.25) is 9.59 Å². The highest BCUT2D eigenvalue weighted by atomic mass is 32.1. The Hall–Kier alpha value is -1.63. The van der Waals surface area contributed by atoms with E-state index in [9.17, 15) is 14.4 Å². The Balaban J connectivity index is 2.00. The Bertz CT molecular complexity index is 563. The van der Waals surface area contributed by atoms with Crippen molar-refractivity contribution in [3.05, 3.63) is 20.7 Å². The lowest BCUT2D eigenvalue weighted by Crippen LogP contribution is -2.48. The summed E-state index contributed by atoms with van der Waals surface area (Å²) in [7, 11) is 0. The van der Waals surface area contributed by atoms with E-state index >= 15 is 0 Å². The second-order valence-corrected chi connectivity index (χ2v) is 5.80. The minimum atomic E-state index is -0.943. The number of hydrogen-bond acceptors (Lipinski definition) is 4. The SMILES string of the molecule is Cc1csc(=O)n1CCC(=O)N1CCCCC1C(=O)O. The first kappa shape index (κ1) is 14.8. The third-order valence-corrected chi connectivity index (χ3v) is 4.51. The number of carboxylic acid groups (broad SMARTS) is 1. The van der Waals surface area contributed by atoms with Crippen LogP contribution >= 0.6 is 11.3 Å². The van der Waals surface area contributed by atoms with Crippen LogP contribution in [0.15, 0.2) is 10.2 Å². The van der Waals surface area contributed by atoms with Gasteiger partial charge in [0.15, 0.2) is 0 Å². The van der Waals surface area contributed by atoms with Crippen LogP contribution in [0.4, 0.5) is 0 Å². The summed E-state index contributed by atoms with van der Waals surface area (Å²) in [6.45, 7) is 2.63. The van der Waals surface area contributed by atoms with Gasteiger partial charge in [-0.1, -0.05) is 11.3 Å². The summed E-state index contributed by atoms with van der Waals surface area (Å²) >= 11 is 1.11. The average Bonchev–Trinajstić information content (AvgIpc) is 2.75. The van der Waals surface area contributed by atoms with Gasteiger partial charge < -0.3 is 14.6 Å². The molecule has 20 heavy (non-hydrogen) atoms.